The van der Waals surface area contributed by atoms with Crippen LogP contribution in [0.3, 0.4) is 0 Å². The van der Waals surface area contributed by atoms with Gasteiger partial charge in [-0.3, -0.25) is 0 Å². The van der Waals surface area contributed by atoms with Gasteiger partial charge in [0, 0.05) is 24.7 Å². The quantitative estimate of drug-likeness (QED) is 0.625. The molecule has 0 unspecified atom stereocenters. The van der Waals surface area contributed by atoms with E-state index < -0.39 is 0 Å². The number of aliphatic imine (C=N–C) groups is 1. The van der Waals surface area contributed by atoms with Gasteiger partial charge in [0.25, 0.3) is 0 Å². The SMILES string of the molecule is CCNC(=NCc1cccc(Cl)c1)NCCN1CCCCC1. The number of hydrogen-bond acceptors (Lipinski definition) is 2. The lowest BCUT2D eigenvalue weighted by Gasteiger charge is -2.26. The lowest BCUT2D eigenvalue weighted by Crippen LogP contribution is -2.42. The third kappa shape index (κ3) is 6.24. The molecule has 0 atom stereocenters. The summed E-state index contributed by atoms with van der Waals surface area (Å²) < 4.78 is 0. The van der Waals surface area contributed by atoms with E-state index in [1.54, 1.807) is 0 Å². The summed E-state index contributed by atoms with van der Waals surface area (Å²) in [5.74, 6) is 0.875. The topological polar surface area (TPSA) is 39.7 Å². The van der Waals surface area contributed by atoms with Crippen molar-refractivity contribution in [3.63, 3.8) is 0 Å². The molecule has 1 aromatic carbocycles. The van der Waals surface area contributed by atoms with Crippen LogP contribution in [0.5, 0.6) is 0 Å². The Labute approximate surface area is 138 Å². The van der Waals surface area contributed by atoms with Gasteiger partial charge in [-0.25, -0.2) is 4.99 Å². The molecule has 1 aliphatic heterocycles. The smallest absolute Gasteiger partial charge is 0.191 e. The average molecular weight is 323 g/mol. The van der Waals surface area contributed by atoms with Crippen LogP contribution in [0, 0.1) is 0 Å². The van der Waals surface area contributed by atoms with E-state index >= 15 is 0 Å². The second kappa shape index (κ2) is 9.70. The molecule has 1 aromatic rings. The van der Waals surface area contributed by atoms with E-state index in [9.17, 15) is 0 Å². The van der Waals surface area contributed by atoms with Gasteiger partial charge in [-0.1, -0.05) is 30.2 Å². The van der Waals surface area contributed by atoms with Crippen LogP contribution >= 0.6 is 11.6 Å². The molecule has 0 spiro atoms. The molecule has 1 heterocycles. The van der Waals surface area contributed by atoms with Crippen molar-refractivity contribution in [2.45, 2.75) is 32.7 Å². The van der Waals surface area contributed by atoms with Crippen LogP contribution in [0.15, 0.2) is 29.3 Å². The minimum Gasteiger partial charge on any atom is -0.357 e. The van der Waals surface area contributed by atoms with E-state index in [0.717, 1.165) is 36.2 Å². The Bertz CT molecular complexity index is 469. The fraction of sp³-hybridized carbons (Fsp3) is 0.588. The molecule has 0 aliphatic carbocycles. The summed E-state index contributed by atoms with van der Waals surface area (Å²) in [5, 5.41) is 7.47. The largest absolute Gasteiger partial charge is 0.357 e. The molecule has 0 bridgehead atoms. The van der Waals surface area contributed by atoms with Crippen LogP contribution in [0.2, 0.25) is 5.02 Å². The van der Waals surface area contributed by atoms with E-state index in [2.05, 4.69) is 27.4 Å². The summed E-state index contributed by atoms with van der Waals surface area (Å²) >= 11 is 6.01. The van der Waals surface area contributed by atoms with Gasteiger partial charge >= 0.3 is 0 Å². The van der Waals surface area contributed by atoms with Crippen molar-refractivity contribution in [3.05, 3.63) is 34.9 Å². The monoisotopic (exact) mass is 322 g/mol. The fourth-order valence-corrected chi connectivity index (χ4v) is 2.88. The Morgan fingerprint density at radius 3 is 2.77 bits per heavy atom. The van der Waals surface area contributed by atoms with Crippen LogP contribution in [-0.4, -0.2) is 43.6 Å². The van der Waals surface area contributed by atoms with Gasteiger partial charge < -0.3 is 15.5 Å². The maximum absolute atomic E-state index is 6.01. The van der Waals surface area contributed by atoms with Gasteiger partial charge in [0.1, 0.15) is 0 Å². The van der Waals surface area contributed by atoms with Crippen molar-refractivity contribution < 1.29 is 0 Å². The molecule has 0 amide bonds. The summed E-state index contributed by atoms with van der Waals surface area (Å²) in [6.07, 6.45) is 4.06. The lowest BCUT2D eigenvalue weighted by atomic mass is 10.1. The van der Waals surface area contributed by atoms with Crippen LogP contribution in [0.1, 0.15) is 31.7 Å². The van der Waals surface area contributed by atoms with Crippen LogP contribution in [0.25, 0.3) is 0 Å². The maximum Gasteiger partial charge on any atom is 0.191 e. The van der Waals surface area contributed by atoms with Crippen LogP contribution < -0.4 is 10.6 Å². The summed E-state index contributed by atoms with van der Waals surface area (Å²) in [6.45, 7) is 8.07. The number of rotatable bonds is 6. The Morgan fingerprint density at radius 1 is 1.23 bits per heavy atom. The number of nitrogens with one attached hydrogen (secondary N) is 2. The highest BCUT2D eigenvalue weighted by atomic mass is 35.5. The fourth-order valence-electron chi connectivity index (χ4n) is 2.66. The molecule has 4 nitrogen and oxygen atoms in total. The molecule has 1 saturated heterocycles. The summed E-state index contributed by atoms with van der Waals surface area (Å²) in [6, 6.07) is 7.86. The number of benzene rings is 1. The highest BCUT2D eigenvalue weighted by Gasteiger charge is 2.09. The van der Waals surface area contributed by atoms with Gasteiger partial charge in [0.15, 0.2) is 5.96 Å². The van der Waals surface area contributed by atoms with E-state index in [1.807, 2.05) is 24.3 Å². The van der Waals surface area contributed by atoms with Crippen molar-refractivity contribution in [1.29, 1.82) is 0 Å². The van der Waals surface area contributed by atoms with Gasteiger partial charge in [-0.15, -0.1) is 0 Å². The average Bonchev–Trinajstić information content (AvgIpc) is 2.54. The Kier molecular flexibility index (Phi) is 7.54. The first kappa shape index (κ1) is 17.1. The van der Waals surface area contributed by atoms with Gasteiger partial charge in [0.05, 0.1) is 6.54 Å². The maximum atomic E-state index is 6.01. The molecule has 122 valence electrons. The molecular formula is C17H27ClN4. The van der Waals surface area contributed by atoms with Crippen molar-refractivity contribution in [3.8, 4) is 0 Å². The first-order valence-corrected chi connectivity index (χ1v) is 8.64. The lowest BCUT2D eigenvalue weighted by molar-refractivity contribution is 0.232. The second-order valence-corrected chi connectivity index (χ2v) is 6.09. The predicted molar refractivity (Wildman–Crippen MR) is 94.6 cm³/mol. The van der Waals surface area contributed by atoms with Crippen molar-refractivity contribution in [1.82, 2.24) is 15.5 Å². The van der Waals surface area contributed by atoms with Crippen molar-refractivity contribution >= 4 is 17.6 Å². The van der Waals surface area contributed by atoms with Crippen LogP contribution in [-0.2, 0) is 6.54 Å². The normalized spacial score (nSPS) is 16.5. The Balaban J connectivity index is 1.79. The highest BCUT2D eigenvalue weighted by molar-refractivity contribution is 6.30. The summed E-state index contributed by atoms with van der Waals surface area (Å²) in [5.41, 5.74) is 1.13. The second-order valence-electron chi connectivity index (χ2n) is 5.65. The molecule has 2 rings (SSSR count). The minimum absolute atomic E-state index is 0.638. The van der Waals surface area contributed by atoms with Crippen LogP contribution in [0.4, 0.5) is 0 Å². The zero-order valence-corrected chi connectivity index (χ0v) is 14.2. The first-order chi connectivity index (χ1) is 10.8. The summed E-state index contributed by atoms with van der Waals surface area (Å²) in [7, 11) is 0. The van der Waals surface area contributed by atoms with Gasteiger partial charge in [0.2, 0.25) is 0 Å². The van der Waals surface area contributed by atoms with Gasteiger partial charge in [-0.2, -0.15) is 0 Å². The van der Waals surface area contributed by atoms with E-state index in [1.165, 1.54) is 32.4 Å². The molecule has 1 fully saturated rings. The zero-order valence-electron chi connectivity index (χ0n) is 13.4. The van der Waals surface area contributed by atoms with Crippen molar-refractivity contribution in [2.75, 3.05) is 32.7 Å². The molecule has 2 N–H and O–H groups in total. The van der Waals surface area contributed by atoms with E-state index in [0.29, 0.717) is 6.54 Å². The Hall–Kier alpha value is -1.26. The van der Waals surface area contributed by atoms with Crippen molar-refractivity contribution in [2.24, 2.45) is 4.99 Å². The standard InChI is InChI=1S/C17H27ClN4/c1-2-19-17(20-9-12-22-10-4-3-5-11-22)21-14-15-7-6-8-16(18)13-15/h6-8,13H,2-5,9-12,14H2,1H3,(H2,19,20,21). The minimum atomic E-state index is 0.638. The number of likely N-dealkylation sites (tertiary alicyclic amines) is 1. The number of guanidine groups is 1. The number of piperidine rings is 1. The number of nitrogens with zero attached hydrogens (tertiary/aromatic N) is 2. The number of halogens is 1. The molecule has 1 aliphatic rings. The third-order valence-electron chi connectivity index (χ3n) is 3.82. The summed E-state index contributed by atoms with van der Waals surface area (Å²) in [4.78, 5) is 7.15. The molecule has 0 saturated carbocycles. The molecule has 22 heavy (non-hydrogen) atoms. The molecular weight excluding hydrogens is 296 g/mol. The predicted octanol–water partition coefficient (Wildman–Crippen LogP) is 2.88. The molecule has 5 heteroatoms. The molecule has 0 radical (unpaired) electrons. The Morgan fingerprint density at radius 2 is 2.05 bits per heavy atom. The zero-order chi connectivity index (χ0) is 15.6. The van der Waals surface area contributed by atoms with Gasteiger partial charge in [-0.05, 0) is 50.6 Å². The third-order valence-corrected chi connectivity index (χ3v) is 4.06. The highest BCUT2D eigenvalue weighted by Crippen LogP contribution is 2.11. The van der Waals surface area contributed by atoms with E-state index in [-0.39, 0.29) is 0 Å². The van der Waals surface area contributed by atoms with E-state index in [4.69, 9.17) is 11.6 Å². The number of hydrogen-bond donors (Lipinski definition) is 2. The first-order valence-electron chi connectivity index (χ1n) is 8.27. The molecule has 0 aromatic heterocycles.